The molecule has 1 aliphatic rings. The summed E-state index contributed by atoms with van der Waals surface area (Å²) in [6.07, 6.45) is 9.75. The first-order valence-corrected chi connectivity index (χ1v) is 6.19. The van der Waals surface area contributed by atoms with Crippen molar-refractivity contribution < 1.29 is 0 Å². The number of nitriles is 1. The number of nitrogens with zero attached hydrogens (tertiary/aromatic N) is 4. The van der Waals surface area contributed by atoms with Crippen LogP contribution in [0.2, 0.25) is 0 Å². The van der Waals surface area contributed by atoms with Gasteiger partial charge in [0.25, 0.3) is 0 Å². The second kappa shape index (κ2) is 4.84. The van der Waals surface area contributed by atoms with E-state index in [2.05, 4.69) is 42.0 Å². The molecule has 0 aliphatic carbocycles. The molecule has 2 rings (SSSR count). The van der Waals surface area contributed by atoms with Crippen molar-refractivity contribution in [1.29, 1.82) is 5.26 Å². The largest absolute Gasteiger partial charge is 0.287 e. The Balaban J connectivity index is 2.17. The van der Waals surface area contributed by atoms with Crippen LogP contribution >= 0.6 is 0 Å². The molecule has 1 saturated heterocycles. The lowest BCUT2D eigenvalue weighted by Crippen LogP contribution is -2.62. The molecule has 1 aromatic heterocycles. The van der Waals surface area contributed by atoms with Crippen molar-refractivity contribution in [1.82, 2.24) is 14.7 Å². The molecule has 0 radical (unpaired) electrons. The van der Waals surface area contributed by atoms with Gasteiger partial charge in [-0.25, -0.2) is 0 Å². The van der Waals surface area contributed by atoms with Crippen LogP contribution in [0.3, 0.4) is 0 Å². The summed E-state index contributed by atoms with van der Waals surface area (Å²) >= 11 is 0. The zero-order valence-electron chi connectivity index (χ0n) is 10.9. The first kappa shape index (κ1) is 12.7. The normalized spacial score (nSPS) is 18.1. The molecule has 4 heteroatoms. The molecule has 1 aliphatic heterocycles. The van der Waals surface area contributed by atoms with Gasteiger partial charge in [0, 0.05) is 19.3 Å². The standard InChI is InChI=1S/C14H18N4/c1-4-7-17-10-14(11-17,5-6-15)18-9-13(8-16-18)12(2)3/h1,8-9,12H,5,7,10-11H2,2-3H3. The molecule has 1 aromatic rings. The fourth-order valence-electron chi connectivity index (χ4n) is 2.41. The molecular formula is C14H18N4. The highest BCUT2D eigenvalue weighted by molar-refractivity contribution is 5.14. The number of hydrogen-bond acceptors (Lipinski definition) is 3. The topological polar surface area (TPSA) is 44.9 Å². The summed E-state index contributed by atoms with van der Waals surface area (Å²) in [4.78, 5) is 2.16. The summed E-state index contributed by atoms with van der Waals surface area (Å²) in [5, 5.41) is 13.4. The molecule has 0 N–H and O–H groups in total. The minimum Gasteiger partial charge on any atom is -0.287 e. The quantitative estimate of drug-likeness (QED) is 0.753. The summed E-state index contributed by atoms with van der Waals surface area (Å²) in [5.41, 5.74) is 1.03. The Labute approximate surface area is 108 Å². The lowest BCUT2D eigenvalue weighted by Gasteiger charge is -2.48. The molecule has 0 saturated carbocycles. The van der Waals surface area contributed by atoms with E-state index < -0.39 is 0 Å². The first-order chi connectivity index (χ1) is 8.61. The Morgan fingerprint density at radius 2 is 2.28 bits per heavy atom. The van der Waals surface area contributed by atoms with Gasteiger partial charge in [-0.1, -0.05) is 19.8 Å². The lowest BCUT2D eigenvalue weighted by atomic mass is 9.87. The van der Waals surface area contributed by atoms with Gasteiger partial charge in [0.1, 0.15) is 5.54 Å². The maximum absolute atomic E-state index is 9.01. The van der Waals surface area contributed by atoms with Crippen molar-refractivity contribution >= 4 is 0 Å². The van der Waals surface area contributed by atoms with E-state index >= 15 is 0 Å². The molecule has 0 bridgehead atoms. The van der Waals surface area contributed by atoms with E-state index in [4.69, 9.17) is 11.7 Å². The molecule has 2 heterocycles. The summed E-state index contributed by atoms with van der Waals surface area (Å²) in [6.45, 7) is 6.55. The smallest absolute Gasteiger partial charge is 0.101 e. The summed E-state index contributed by atoms with van der Waals surface area (Å²) in [6, 6.07) is 2.27. The Hall–Kier alpha value is -1.78. The lowest BCUT2D eigenvalue weighted by molar-refractivity contribution is 0.0159. The van der Waals surface area contributed by atoms with Crippen molar-refractivity contribution in [3.63, 3.8) is 0 Å². The van der Waals surface area contributed by atoms with E-state index in [1.54, 1.807) is 0 Å². The number of hydrogen-bond donors (Lipinski definition) is 0. The Kier molecular flexibility index (Phi) is 3.41. The average molecular weight is 242 g/mol. The number of terminal acetylenes is 1. The highest BCUT2D eigenvalue weighted by Crippen LogP contribution is 2.32. The van der Waals surface area contributed by atoms with Gasteiger partial charge in [0.2, 0.25) is 0 Å². The third-order valence-corrected chi connectivity index (χ3v) is 3.51. The van der Waals surface area contributed by atoms with E-state index in [1.807, 2.05) is 10.9 Å². The van der Waals surface area contributed by atoms with Crippen LogP contribution < -0.4 is 0 Å². The van der Waals surface area contributed by atoms with Crippen molar-refractivity contribution in [3.05, 3.63) is 18.0 Å². The maximum Gasteiger partial charge on any atom is 0.101 e. The van der Waals surface area contributed by atoms with Gasteiger partial charge in [0.15, 0.2) is 0 Å². The minimum atomic E-state index is -0.182. The Bertz CT molecular complexity index is 495. The molecule has 4 nitrogen and oxygen atoms in total. The summed E-state index contributed by atoms with van der Waals surface area (Å²) in [7, 11) is 0. The van der Waals surface area contributed by atoms with Gasteiger partial charge >= 0.3 is 0 Å². The number of aromatic nitrogens is 2. The summed E-state index contributed by atoms with van der Waals surface area (Å²) < 4.78 is 1.96. The fourth-order valence-corrected chi connectivity index (χ4v) is 2.41. The summed E-state index contributed by atoms with van der Waals surface area (Å²) in [5.74, 6) is 3.10. The molecule has 0 spiro atoms. The van der Waals surface area contributed by atoms with Gasteiger partial charge in [-0.2, -0.15) is 10.4 Å². The van der Waals surface area contributed by atoms with Crippen LogP contribution in [0.4, 0.5) is 0 Å². The van der Waals surface area contributed by atoms with Crippen LogP contribution in [0.1, 0.15) is 31.7 Å². The molecule has 0 unspecified atom stereocenters. The zero-order valence-corrected chi connectivity index (χ0v) is 10.9. The van der Waals surface area contributed by atoms with Gasteiger partial charge in [-0.15, -0.1) is 6.42 Å². The molecule has 0 aromatic carbocycles. The van der Waals surface area contributed by atoms with Gasteiger partial charge in [-0.05, 0) is 11.5 Å². The number of rotatable bonds is 4. The van der Waals surface area contributed by atoms with Gasteiger partial charge < -0.3 is 0 Å². The van der Waals surface area contributed by atoms with Crippen molar-refractivity contribution in [2.75, 3.05) is 19.6 Å². The molecular weight excluding hydrogens is 224 g/mol. The molecule has 1 fully saturated rings. The van der Waals surface area contributed by atoms with E-state index in [0.717, 1.165) is 13.1 Å². The third-order valence-electron chi connectivity index (χ3n) is 3.51. The second-order valence-corrected chi connectivity index (χ2v) is 5.28. The Morgan fingerprint density at radius 1 is 1.56 bits per heavy atom. The van der Waals surface area contributed by atoms with Crippen LogP contribution in [0.5, 0.6) is 0 Å². The Morgan fingerprint density at radius 3 is 2.78 bits per heavy atom. The van der Waals surface area contributed by atoms with Crippen LogP contribution in [-0.2, 0) is 5.54 Å². The van der Waals surface area contributed by atoms with Crippen LogP contribution in [0.25, 0.3) is 0 Å². The molecule has 0 atom stereocenters. The molecule has 0 amide bonds. The second-order valence-electron chi connectivity index (χ2n) is 5.28. The van der Waals surface area contributed by atoms with E-state index in [1.165, 1.54) is 5.56 Å². The van der Waals surface area contributed by atoms with E-state index in [-0.39, 0.29) is 5.54 Å². The highest BCUT2D eigenvalue weighted by atomic mass is 15.4. The predicted octanol–water partition coefficient (Wildman–Crippen LogP) is 1.56. The molecule has 94 valence electrons. The van der Waals surface area contributed by atoms with E-state index in [9.17, 15) is 0 Å². The SMILES string of the molecule is C#CCN1CC(CC#N)(n2cc(C(C)C)cn2)C1. The zero-order chi connectivity index (χ0) is 13.2. The first-order valence-electron chi connectivity index (χ1n) is 6.19. The van der Waals surface area contributed by atoms with Gasteiger partial charge in [-0.3, -0.25) is 9.58 Å². The predicted molar refractivity (Wildman–Crippen MR) is 69.8 cm³/mol. The fraction of sp³-hybridized carbons (Fsp3) is 0.571. The third kappa shape index (κ3) is 2.12. The van der Waals surface area contributed by atoms with Crippen LogP contribution in [0, 0.1) is 23.7 Å². The van der Waals surface area contributed by atoms with Crippen molar-refractivity contribution in [3.8, 4) is 18.4 Å². The van der Waals surface area contributed by atoms with Crippen molar-refractivity contribution in [2.24, 2.45) is 0 Å². The number of likely N-dealkylation sites (tertiary alicyclic amines) is 1. The van der Waals surface area contributed by atoms with Crippen molar-refractivity contribution in [2.45, 2.75) is 31.7 Å². The van der Waals surface area contributed by atoms with Gasteiger partial charge in [0.05, 0.1) is 25.2 Å². The van der Waals surface area contributed by atoms with Crippen LogP contribution in [-0.4, -0.2) is 34.3 Å². The van der Waals surface area contributed by atoms with Crippen LogP contribution in [0.15, 0.2) is 12.4 Å². The minimum absolute atomic E-state index is 0.182. The highest BCUT2D eigenvalue weighted by Gasteiger charge is 2.44. The van der Waals surface area contributed by atoms with E-state index in [0.29, 0.717) is 18.9 Å². The maximum atomic E-state index is 9.01. The average Bonchev–Trinajstić information content (AvgIpc) is 2.75. The monoisotopic (exact) mass is 242 g/mol. The molecule has 18 heavy (non-hydrogen) atoms.